The number of hydrogen-bond donors (Lipinski definition) is 1. The summed E-state index contributed by atoms with van der Waals surface area (Å²) in [6, 6.07) is 10.8. The van der Waals surface area contributed by atoms with Gasteiger partial charge in [0.05, 0.1) is 0 Å². The molecule has 1 aromatic heterocycles. The zero-order valence-electron chi connectivity index (χ0n) is 11.3. The van der Waals surface area contributed by atoms with Crippen molar-refractivity contribution in [3.63, 3.8) is 0 Å². The summed E-state index contributed by atoms with van der Waals surface area (Å²) in [5.41, 5.74) is 10.1. The molecule has 2 N–H and O–H groups in total. The van der Waals surface area contributed by atoms with Gasteiger partial charge in [0.2, 0.25) is 0 Å². The molecule has 2 nitrogen and oxygen atoms in total. The maximum atomic E-state index is 6.13. The molecule has 0 amide bonds. The molecule has 1 aromatic carbocycles. The van der Waals surface area contributed by atoms with Crippen LogP contribution < -0.4 is 5.73 Å². The van der Waals surface area contributed by atoms with Crippen molar-refractivity contribution in [1.82, 2.24) is 4.57 Å². The van der Waals surface area contributed by atoms with Crippen LogP contribution in [0.3, 0.4) is 0 Å². The smallest absolute Gasteiger partial charge is 0.0472 e. The lowest BCUT2D eigenvalue weighted by Gasteiger charge is -2.08. The Morgan fingerprint density at radius 3 is 2.72 bits per heavy atom. The Balaban J connectivity index is 2.09. The highest BCUT2D eigenvalue weighted by molar-refractivity contribution is 5.26. The van der Waals surface area contributed by atoms with E-state index in [2.05, 4.69) is 61.1 Å². The van der Waals surface area contributed by atoms with E-state index in [1.807, 2.05) is 0 Å². The Hall–Kier alpha value is -1.54. The molecule has 2 rings (SSSR count). The fraction of sp³-hybridized carbons (Fsp3) is 0.375. The van der Waals surface area contributed by atoms with Crippen LogP contribution in [-0.2, 0) is 6.54 Å². The lowest BCUT2D eigenvalue weighted by Crippen LogP contribution is -2.08. The van der Waals surface area contributed by atoms with Gasteiger partial charge in [-0.05, 0) is 36.1 Å². The molecule has 1 atom stereocenters. The van der Waals surface area contributed by atoms with E-state index in [0.29, 0.717) is 0 Å². The summed E-state index contributed by atoms with van der Waals surface area (Å²) in [5, 5.41) is 0. The number of benzene rings is 1. The van der Waals surface area contributed by atoms with E-state index in [1.54, 1.807) is 0 Å². The third kappa shape index (κ3) is 3.02. The van der Waals surface area contributed by atoms with Gasteiger partial charge in [-0.15, -0.1) is 0 Å². The number of rotatable bonds is 5. The summed E-state index contributed by atoms with van der Waals surface area (Å²) < 4.78 is 2.22. The summed E-state index contributed by atoms with van der Waals surface area (Å²) >= 11 is 0. The standard InChI is InChI=1S/C16H22N2/c1-3-6-16(17)15-9-10-18(12-15)11-14-8-5-4-7-13(14)2/h4-5,7-10,12,16H,3,6,11,17H2,1-2H3. The van der Waals surface area contributed by atoms with Crippen LogP contribution in [0, 0.1) is 6.92 Å². The number of aryl methyl sites for hydroxylation is 1. The summed E-state index contributed by atoms with van der Waals surface area (Å²) in [5.74, 6) is 0. The minimum absolute atomic E-state index is 0.174. The first-order valence-electron chi connectivity index (χ1n) is 6.66. The zero-order chi connectivity index (χ0) is 13.0. The number of nitrogens with zero attached hydrogens (tertiary/aromatic N) is 1. The van der Waals surface area contributed by atoms with E-state index in [9.17, 15) is 0 Å². The highest BCUT2D eigenvalue weighted by Crippen LogP contribution is 2.17. The highest BCUT2D eigenvalue weighted by Gasteiger charge is 2.06. The van der Waals surface area contributed by atoms with Crippen molar-refractivity contribution in [3.05, 3.63) is 59.4 Å². The number of hydrogen-bond acceptors (Lipinski definition) is 1. The van der Waals surface area contributed by atoms with Crippen molar-refractivity contribution in [1.29, 1.82) is 0 Å². The predicted octanol–water partition coefficient (Wildman–Crippen LogP) is 3.64. The summed E-state index contributed by atoms with van der Waals surface area (Å²) in [7, 11) is 0. The highest BCUT2D eigenvalue weighted by atomic mass is 14.9. The van der Waals surface area contributed by atoms with Gasteiger partial charge in [0.25, 0.3) is 0 Å². The minimum atomic E-state index is 0.174. The summed E-state index contributed by atoms with van der Waals surface area (Å²) in [4.78, 5) is 0. The van der Waals surface area contributed by atoms with E-state index in [4.69, 9.17) is 5.73 Å². The van der Waals surface area contributed by atoms with Gasteiger partial charge < -0.3 is 10.3 Å². The Morgan fingerprint density at radius 1 is 1.22 bits per heavy atom. The molecule has 1 heterocycles. The van der Waals surface area contributed by atoms with Gasteiger partial charge >= 0.3 is 0 Å². The predicted molar refractivity (Wildman–Crippen MR) is 76.5 cm³/mol. The average molecular weight is 242 g/mol. The largest absolute Gasteiger partial charge is 0.350 e. The first-order chi connectivity index (χ1) is 8.70. The van der Waals surface area contributed by atoms with Crippen LogP contribution in [0.4, 0.5) is 0 Å². The van der Waals surface area contributed by atoms with Crippen LogP contribution in [0.1, 0.15) is 42.5 Å². The third-order valence-corrected chi connectivity index (χ3v) is 3.42. The minimum Gasteiger partial charge on any atom is -0.350 e. The lowest BCUT2D eigenvalue weighted by atomic mass is 10.1. The van der Waals surface area contributed by atoms with Gasteiger partial charge in [-0.25, -0.2) is 0 Å². The van der Waals surface area contributed by atoms with Gasteiger partial charge in [0, 0.05) is 25.0 Å². The van der Waals surface area contributed by atoms with Crippen LogP contribution in [0.15, 0.2) is 42.7 Å². The molecule has 0 aliphatic rings. The van der Waals surface area contributed by atoms with E-state index in [1.165, 1.54) is 16.7 Å². The molecule has 1 unspecified atom stereocenters. The first kappa shape index (κ1) is 12.9. The average Bonchev–Trinajstić information content (AvgIpc) is 2.81. The molecule has 2 aromatic rings. The van der Waals surface area contributed by atoms with Crippen molar-refractivity contribution >= 4 is 0 Å². The quantitative estimate of drug-likeness (QED) is 0.852. The molecule has 0 saturated heterocycles. The van der Waals surface area contributed by atoms with Crippen molar-refractivity contribution in [3.8, 4) is 0 Å². The van der Waals surface area contributed by atoms with Crippen molar-refractivity contribution < 1.29 is 0 Å². The summed E-state index contributed by atoms with van der Waals surface area (Å²) in [6.45, 7) is 5.25. The maximum Gasteiger partial charge on any atom is 0.0472 e. The molecule has 0 saturated carbocycles. The van der Waals surface area contributed by atoms with Crippen LogP contribution in [0.25, 0.3) is 0 Å². The summed E-state index contributed by atoms with van der Waals surface area (Å²) in [6.07, 6.45) is 6.47. The molecule has 0 aliphatic heterocycles. The van der Waals surface area contributed by atoms with Gasteiger partial charge in [0.1, 0.15) is 0 Å². The molecular weight excluding hydrogens is 220 g/mol. The normalized spacial score (nSPS) is 12.6. The van der Waals surface area contributed by atoms with Crippen molar-refractivity contribution in [2.75, 3.05) is 0 Å². The van der Waals surface area contributed by atoms with Crippen LogP contribution in [0.2, 0.25) is 0 Å². The molecule has 0 aliphatic carbocycles. The Labute approximate surface area is 109 Å². The second-order valence-corrected chi connectivity index (χ2v) is 4.94. The van der Waals surface area contributed by atoms with Crippen LogP contribution >= 0.6 is 0 Å². The van der Waals surface area contributed by atoms with E-state index in [-0.39, 0.29) is 6.04 Å². The van der Waals surface area contributed by atoms with Crippen molar-refractivity contribution in [2.24, 2.45) is 5.73 Å². The first-order valence-corrected chi connectivity index (χ1v) is 6.66. The maximum absolute atomic E-state index is 6.13. The molecule has 0 spiro atoms. The molecule has 2 heteroatoms. The van der Waals surface area contributed by atoms with Crippen LogP contribution in [-0.4, -0.2) is 4.57 Å². The molecule has 96 valence electrons. The molecule has 0 fully saturated rings. The SMILES string of the molecule is CCCC(N)c1ccn(Cc2ccccc2C)c1. The Morgan fingerprint density at radius 2 is 2.00 bits per heavy atom. The fourth-order valence-corrected chi connectivity index (χ4v) is 2.24. The topological polar surface area (TPSA) is 30.9 Å². The lowest BCUT2D eigenvalue weighted by molar-refractivity contribution is 0.636. The third-order valence-electron chi connectivity index (χ3n) is 3.42. The monoisotopic (exact) mass is 242 g/mol. The van der Waals surface area contributed by atoms with Gasteiger partial charge in [0.15, 0.2) is 0 Å². The van der Waals surface area contributed by atoms with E-state index < -0.39 is 0 Å². The Kier molecular flexibility index (Phi) is 4.21. The molecule has 0 radical (unpaired) electrons. The van der Waals surface area contributed by atoms with Gasteiger partial charge in [-0.1, -0.05) is 37.6 Å². The van der Waals surface area contributed by atoms with E-state index in [0.717, 1.165) is 19.4 Å². The van der Waals surface area contributed by atoms with E-state index >= 15 is 0 Å². The molecule has 18 heavy (non-hydrogen) atoms. The fourth-order valence-electron chi connectivity index (χ4n) is 2.24. The number of aromatic nitrogens is 1. The molecule has 0 bridgehead atoms. The Bertz CT molecular complexity index is 499. The molecular formula is C16H22N2. The number of nitrogens with two attached hydrogens (primary N) is 1. The van der Waals surface area contributed by atoms with Gasteiger partial charge in [-0.3, -0.25) is 0 Å². The van der Waals surface area contributed by atoms with Crippen LogP contribution in [0.5, 0.6) is 0 Å². The van der Waals surface area contributed by atoms with Crippen molar-refractivity contribution in [2.45, 2.75) is 39.3 Å². The van der Waals surface area contributed by atoms with Gasteiger partial charge in [-0.2, -0.15) is 0 Å². The second kappa shape index (κ2) is 5.87. The zero-order valence-corrected chi connectivity index (χ0v) is 11.3. The second-order valence-electron chi connectivity index (χ2n) is 4.94.